The van der Waals surface area contributed by atoms with Crippen LogP contribution in [0.25, 0.3) is 11.0 Å². The fraction of sp³-hybridized carbons (Fsp3) is 0.500. The number of methoxy groups -OCH3 is 1. The standard InChI is InChI=1S/C20H25NO4S/c1-12(2)15-9-16-14(8-18(22)25-17(16)7-13(15)3)10-21-20(19(23)24-4)5-6-26-11-20/h7-9,12,21H,5-6,10-11H2,1-4H3/t20-/m1/s1. The molecule has 2 heterocycles. The number of benzene rings is 1. The summed E-state index contributed by atoms with van der Waals surface area (Å²) in [5.41, 5.74) is 2.71. The van der Waals surface area contributed by atoms with Gasteiger partial charge in [-0.25, -0.2) is 4.79 Å². The van der Waals surface area contributed by atoms with Crippen molar-refractivity contribution in [3.05, 3.63) is 45.3 Å². The number of fused-ring (bicyclic) bond motifs is 1. The molecule has 2 aromatic rings. The van der Waals surface area contributed by atoms with Crippen molar-refractivity contribution in [2.75, 3.05) is 18.6 Å². The summed E-state index contributed by atoms with van der Waals surface area (Å²) in [6, 6.07) is 5.54. The molecule has 1 aromatic heterocycles. The molecule has 3 rings (SSSR count). The van der Waals surface area contributed by atoms with Gasteiger partial charge in [0.25, 0.3) is 0 Å². The first-order valence-electron chi connectivity index (χ1n) is 8.85. The SMILES string of the molecule is COC(=O)[C@@]1(NCc2cc(=O)oc3cc(C)c(C(C)C)cc23)CCSC1. The molecule has 1 fully saturated rings. The number of carbonyl (C=O) groups excluding carboxylic acids is 1. The van der Waals surface area contributed by atoms with Crippen LogP contribution in [0.15, 0.2) is 27.4 Å². The van der Waals surface area contributed by atoms with Crippen molar-refractivity contribution in [3.8, 4) is 0 Å². The number of hydrogen-bond acceptors (Lipinski definition) is 6. The van der Waals surface area contributed by atoms with Crippen LogP contribution >= 0.6 is 11.8 Å². The normalized spacial score (nSPS) is 20.0. The van der Waals surface area contributed by atoms with E-state index in [1.54, 1.807) is 11.8 Å². The smallest absolute Gasteiger partial charge is 0.336 e. The first-order valence-corrected chi connectivity index (χ1v) is 10.0. The number of ether oxygens (including phenoxy) is 1. The quantitative estimate of drug-likeness (QED) is 0.638. The molecule has 5 nitrogen and oxygen atoms in total. The van der Waals surface area contributed by atoms with Gasteiger partial charge in [0.2, 0.25) is 0 Å². The van der Waals surface area contributed by atoms with Gasteiger partial charge in [0.1, 0.15) is 11.1 Å². The van der Waals surface area contributed by atoms with Gasteiger partial charge < -0.3 is 9.15 Å². The molecule has 0 saturated carbocycles. The van der Waals surface area contributed by atoms with Crippen LogP contribution in [0.5, 0.6) is 0 Å². The molecule has 0 spiro atoms. The van der Waals surface area contributed by atoms with Crippen molar-refractivity contribution in [2.45, 2.75) is 45.2 Å². The Kier molecular flexibility index (Phi) is 5.44. The van der Waals surface area contributed by atoms with Crippen LogP contribution in [-0.4, -0.2) is 30.1 Å². The van der Waals surface area contributed by atoms with Gasteiger partial charge in [-0.15, -0.1) is 0 Å². The fourth-order valence-corrected chi connectivity index (χ4v) is 4.91. The van der Waals surface area contributed by atoms with E-state index < -0.39 is 5.54 Å². The third-order valence-electron chi connectivity index (χ3n) is 5.05. The molecule has 1 atom stereocenters. The first kappa shape index (κ1) is 19.0. The molecule has 1 aromatic carbocycles. The highest BCUT2D eigenvalue weighted by Gasteiger charge is 2.42. The molecular weight excluding hydrogens is 350 g/mol. The minimum atomic E-state index is -0.687. The Morgan fingerprint density at radius 3 is 2.77 bits per heavy atom. The molecule has 1 N–H and O–H groups in total. The van der Waals surface area contributed by atoms with Gasteiger partial charge in [-0.2, -0.15) is 11.8 Å². The lowest BCUT2D eigenvalue weighted by Gasteiger charge is -2.26. The number of aryl methyl sites for hydroxylation is 1. The third-order valence-corrected chi connectivity index (χ3v) is 6.24. The van der Waals surface area contributed by atoms with E-state index in [0.717, 1.165) is 28.7 Å². The van der Waals surface area contributed by atoms with Crippen molar-refractivity contribution in [3.63, 3.8) is 0 Å². The van der Waals surface area contributed by atoms with E-state index in [9.17, 15) is 9.59 Å². The second-order valence-corrected chi connectivity index (χ2v) is 8.29. The first-order chi connectivity index (χ1) is 12.4. The molecular formula is C20H25NO4S. The van der Waals surface area contributed by atoms with Crippen LogP contribution in [0.4, 0.5) is 0 Å². The van der Waals surface area contributed by atoms with Crippen LogP contribution < -0.4 is 10.9 Å². The summed E-state index contributed by atoms with van der Waals surface area (Å²) in [7, 11) is 1.42. The number of thioether (sulfide) groups is 1. The molecule has 26 heavy (non-hydrogen) atoms. The lowest BCUT2D eigenvalue weighted by molar-refractivity contribution is -0.147. The number of hydrogen-bond donors (Lipinski definition) is 1. The number of carbonyl (C=O) groups is 1. The predicted molar refractivity (Wildman–Crippen MR) is 105 cm³/mol. The van der Waals surface area contributed by atoms with Gasteiger partial charge in [-0.05, 0) is 53.8 Å². The molecule has 0 amide bonds. The van der Waals surface area contributed by atoms with Crippen LogP contribution in [-0.2, 0) is 16.1 Å². The monoisotopic (exact) mass is 375 g/mol. The van der Waals surface area contributed by atoms with Gasteiger partial charge in [0.05, 0.1) is 7.11 Å². The van der Waals surface area contributed by atoms with Gasteiger partial charge in [-0.3, -0.25) is 10.1 Å². The summed E-state index contributed by atoms with van der Waals surface area (Å²) in [4.78, 5) is 24.3. The lowest BCUT2D eigenvalue weighted by Crippen LogP contribution is -2.52. The average molecular weight is 375 g/mol. The lowest BCUT2D eigenvalue weighted by atomic mass is 9.94. The second kappa shape index (κ2) is 7.45. The molecule has 0 radical (unpaired) electrons. The van der Waals surface area contributed by atoms with Crippen LogP contribution in [0.2, 0.25) is 0 Å². The van der Waals surface area contributed by atoms with Crippen molar-refractivity contribution in [1.29, 1.82) is 0 Å². The Bertz CT molecular complexity index is 881. The molecule has 1 aliphatic rings. The minimum Gasteiger partial charge on any atom is -0.468 e. The van der Waals surface area contributed by atoms with Crippen LogP contribution in [0, 0.1) is 6.92 Å². The van der Waals surface area contributed by atoms with E-state index in [-0.39, 0.29) is 11.6 Å². The van der Waals surface area contributed by atoms with Gasteiger partial charge >= 0.3 is 11.6 Å². The van der Waals surface area contributed by atoms with Crippen molar-refractivity contribution in [2.24, 2.45) is 0 Å². The summed E-state index contributed by atoms with van der Waals surface area (Å²) in [5, 5.41) is 4.28. The summed E-state index contributed by atoms with van der Waals surface area (Å²) >= 11 is 1.73. The Labute approximate surface area is 157 Å². The minimum absolute atomic E-state index is 0.242. The van der Waals surface area contributed by atoms with Crippen LogP contribution in [0.1, 0.15) is 42.9 Å². The van der Waals surface area contributed by atoms with Gasteiger partial charge in [-0.1, -0.05) is 13.8 Å². The van der Waals surface area contributed by atoms with E-state index in [1.807, 2.05) is 13.0 Å². The maximum Gasteiger partial charge on any atom is 0.336 e. The Morgan fingerprint density at radius 2 is 2.15 bits per heavy atom. The highest BCUT2D eigenvalue weighted by atomic mass is 32.2. The zero-order valence-electron chi connectivity index (χ0n) is 15.7. The van der Waals surface area contributed by atoms with E-state index in [1.165, 1.54) is 18.7 Å². The Hall–Kier alpha value is -1.79. The molecule has 0 bridgehead atoms. The van der Waals surface area contributed by atoms with Crippen molar-refractivity contribution >= 4 is 28.7 Å². The summed E-state index contributed by atoms with van der Waals surface area (Å²) in [5.74, 6) is 1.72. The maximum atomic E-state index is 12.3. The highest BCUT2D eigenvalue weighted by molar-refractivity contribution is 7.99. The summed E-state index contributed by atoms with van der Waals surface area (Å²) in [6.45, 7) is 6.74. The molecule has 0 aliphatic carbocycles. The van der Waals surface area contributed by atoms with E-state index in [0.29, 0.717) is 23.8 Å². The molecule has 6 heteroatoms. The molecule has 1 saturated heterocycles. The summed E-state index contributed by atoms with van der Waals surface area (Å²) < 4.78 is 10.4. The van der Waals surface area contributed by atoms with E-state index in [2.05, 4.69) is 25.2 Å². The Balaban J connectivity index is 2.00. The van der Waals surface area contributed by atoms with Gasteiger partial charge in [0.15, 0.2) is 0 Å². The second-order valence-electron chi connectivity index (χ2n) is 7.18. The zero-order chi connectivity index (χ0) is 18.9. The number of esters is 1. The van der Waals surface area contributed by atoms with Crippen molar-refractivity contribution < 1.29 is 13.9 Å². The average Bonchev–Trinajstić information content (AvgIpc) is 3.08. The molecule has 0 unspecified atom stereocenters. The van der Waals surface area contributed by atoms with Gasteiger partial charge in [0, 0.05) is 23.8 Å². The summed E-state index contributed by atoms with van der Waals surface area (Å²) in [6.07, 6.45) is 0.722. The third kappa shape index (κ3) is 3.53. The maximum absolute atomic E-state index is 12.3. The largest absolute Gasteiger partial charge is 0.468 e. The highest BCUT2D eigenvalue weighted by Crippen LogP contribution is 2.31. The van der Waals surface area contributed by atoms with Crippen molar-refractivity contribution in [1.82, 2.24) is 5.32 Å². The molecule has 140 valence electrons. The number of rotatable bonds is 5. The topological polar surface area (TPSA) is 68.5 Å². The Morgan fingerprint density at radius 1 is 1.38 bits per heavy atom. The predicted octanol–water partition coefficient (Wildman–Crippen LogP) is 3.36. The fourth-order valence-electron chi connectivity index (χ4n) is 3.56. The van der Waals surface area contributed by atoms with E-state index in [4.69, 9.17) is 9.15 Å². The zero-order valence-corrected chi connectivity index (χ0v) is 16.5. The van der Waals surface area contributed by atoms with E-state index >= 15 is 0 Å². The van der Waals surface area contributed by atoms with Crippen LogP contribution in [0.3, 0.4) is 0 Å². The molecule has 1 aliphatic heterocycles. The number of nitrogens with one attached hydrogen (secondary N) is 1.